The molecular weight excluding hydrogens is 92.1 g/mol. The molecule has 0 unspecified atom stereocenters. The van der Waals surface area contributed by atoms with E-state index in [0.29, 0.717) is 0 Å². The van der Waals surface area contributed by atoms with E-state index in [9.17, 15) is 0 Å². The van der Waals surface area contributed by atoms with Crippen molar-refractivity contribution in [3.63, 3.8) is 0 Å². The zero-order valence-corrected chi connectivity index (χ0v) is 4.52. The summed E-state index contributed by atoms with van der Waals surface area (Å²) < 4.78 is 0. The van der Waals surface area contributed by atoms with Crippen LogP contribution < -0.4 is 17.2 Å². The summed E-state index contributed by atoms with van der Waals surface area (Å²) in [4.78, 5) is 0. The number of nitrogens with one attached hydrogen (secondary N) is 1. The number of hydrogen-bond acceptors (Lipinski definition) is 4. The Kier molecular flexibility index (Phi) is 3.92. The third kappa shape index (κ3) is 3.68. The van der Waals surface area contributed by atoms with Crippen molar-refractivity contribution in [2.45, 2.75) is 13.3 Å². The van der Waals surface area contributed by atoms with Crippen molar-refractivity contribution < 1.29 is 0 Å². The highest BCUT2D eigenvalue weighted by atomic mass is 15.7. The van der Waals surface area contributed by atoms with Gasteiger partial charge < -0.3 is 0 Å². The lowest BCUT2D eigenvalue weighted by Gasteiger charge is -2.10. The smallest absolute Gasteiger partial charge is 0.0296 e. The van der Waals surface area contributed by atoms with E-state index in [4.69, 9.17) is 11.7 Å². The lowest BCUT2D eigenvalue weighted by molar-refractivity contribution is 0.195. The fraction of sp³-hybridized carbons (Fsp3) is 1.00. The fourth-order valence-electron chi connectivity index (χ4n) is 0.305. The molecule has 44 valence electrons. The van der Waals surface area contributed by atoms with Crippen LogP contribution in [0.4, 0.5) is 0 Å². The van der Waals surface area contributed by atoms with Crippen molar-refractivity contribution in [2.24, 2.45) is 11.7 Å². The molecule has 0 heterocycles. The zero-order valence-electron chi connectivity index (χ0n) is 4.52. The van der Waals surface area contributed by atoms with Crippen molar-refractivity contribution in [1.29, 1.82) is 0 Å². The SMILES string of the molecule is CCCN(N)NN. The number of rotatable bonds is 3. The highest BCUT2D eigenvalue weighted by Gasteiger charge is 1.86. The van der Waals surface area contributed by atoms with Crippen molar-refractivity contribution in [3.05, 3.63) is 0 Å². The van der Waals surface area contributed by atoms with Crippen LogP contribution in [0.3, 0.4) is 0 Å². The average molecular weight is 104 g/mol. The van der Waals surface area contributed by atoms with Crippen LogP contribution in [0.25, 0.3) is 0 Å². The third-order valence-electron chi connectivity index (χ3n) is 0.630. The maximum atomic E-state index is 5.18. The van der Waals surface area contributed by atoms with Crippen LogP contribution in [0.1, 0.15) is 13.3 Å². The average Bonchev–Trinajstić information content (AvgIpc) is 1.68. The summed E-state index contributed by atoms with van der Waals surface area (Å²) >= 11 is 0. The van der Waals surface area contributed by atoms with Gasteiger partial charge >= 0.3 is 0 Å². The molecule has 0 fully saturated rings. The second-order valence-electron chi connectivity index (χ2n) is 1.32. The van der Waals surface area contributed by atoms with Gasteiger partial charge in [0.25, 0.3) is 0 Å². The highest BCUT2D eigenvalue weighted by molar-refractivity contribution is 4.30. The molecule has 5 N–H and O–H groups in total. The molecule has 0 rings (SSSR count). The number of hydrogen-bond donors (Lipinski definition) is 3. The van der Waals surface area contributed by atoms with Gasteiger partial charge in [-0.1, -0.05) is 6.92 Å². The van der Waals surface area contributed by atoms with Crippen LogP contribution in [0.5, 0.6) is 0 Å². The molecule has 4 nitrogen and oxygen atoms in total. The maximum Gasteiger partial charge on any atom is 0.0296 e. The van der Waals surface area contributed by atoms with Crippen LogP contribution >= 0.6 is 0 Å². The Balaban J connectivity index is 2.83. The fourth-order valence-corrected chi connectivity index (χ4v) is 0.305. The minimum atomic E-state index is 0.774. The highest BCUT2D eigenvalue weighted by Crippen LogP contribution is 1.72. The van der Waals surface area contributed by atoms with Crippen molar-refractivity contribution >= 4 is 0 Å². The van der Waals surface area contributed by atoms with Gasteiger partial charge in [-0.15, -0.1) is 0 Å². The summed E-state index contributed by atoms with van der Waals surface area (Å²) in [6.45, 7) is 2.80. The second-order valence-corrected chi connectivity index (χ2v) is 1.32. The van der Waals surface area contributed by atoms with Gasteiger partial charge in [0.1, 0.15) is 0 Å². The van der Waals surface area contributed by atoms with Gasteiger partial charge in [0.2, 0.25) is 0 Å². The Morgan fingerprint density at radius 3 is 2.43 bits per heavy atom. The largest absolute Gasteiger partial charge is 0.256 e. The van der Waals surface area contributed by atoms with Gasteiger partial charge in [-0.3, -0.25) is 11.7 Å². The Morgan fingerprint density at radius 2 is 2.29 bits per heavy atom. The molecular formula is C3H12N4. The van der Waals surface area contributed by atoms with E-state index in [1.165, 1.54) is 5.12 Å². The predicted octanol–water partition coefficient (Wildman–Crippen LogP) is -1.05. The summed E-state index contributed by atoms with van der Waals surface area (Å²) in [5, 5.41) is 1.33. The molecule has 0 aromatic heterocycles. The molecule has 0 aromatic carbocycles. The number of nitrogens with two attached hydrogens (primary N) is 2. The standard InChI is InChI=1S/C3H12N4/c1-2-3-7(5)6-4/h6H,2-5H2,1H3. The van der Waals surface area contributed by atoms with Gasteiger partial charge in [-0.25, -0.2) is 0 Å². The van der Waals surface area contributed by atoms with Gasteiger partial charge in [-0.05, 0) is 6.42 Å². The van der Waals surface area contributed by atoms with Crippen LogP contribution in [0.2, 0.25) is 0 Å². The Bertz CT molecular complexity index is 37.9. The Morgan fingerprint density at radius 1 is 1.71 bits per heavy atom. The molecule has 4 heteroatoms. The lowest BCUT2D eigenvalue weighted by atomic mass is 10.5. The van der Waals surface area contributed by atoms with Crippen LogP contribution in [-0.2, 0) is 0 Å². The van der Waals surface area contributed by atoms with E-state index >= 15 is 0 Å². The van der Waals surface area contributed by atoms with Crippen LogP contribution in [0.15, 0.2) is 0 Å². The Hall–Kier alpha value is -0.160. The minimum absolute atomic E-state index is 0.774. The van der Waals surface area contributed by atoms with Gasteiger partial charge in [-0.2, -0.15) is 10.7 Å². The summed E-state index contributed by atoms with van der Waals surface area (Å²) in [6, 6.07) is 0. The van der Waals surface area contributed by atoms with Crippen molar-refractivity contribution in [2.75, 3.05) is 6.54 Å². The van der Waals surface area contributed by atoms with E-state index in [1.807, 2.05) is 6.92 Å². The molecule has 0 aromatic rings. The third-order valence-corrected chi connectivity index (χ3v) is 0.630. The normalized spacial score (nSPS) is 10.3. The number of hydrazine groups is 3. The monoisotopic (exact) mass is 104 g/mol. The van der Waals surface area contributed by atoms with Crippen LogP contribution in [-0.4, -0.2) is 11.7 Å². The Labute approximate surface area is 43.4 Å². The predicted molar refractivity (Wildman–Crippen MR) is 28.5 cm³/mol. The molecule has 0 aliphatic heterocycles. The summed E-state index contributed by atoms with van der Waals surface area (Å²) in [5.74, 6) is 10.1. The molecule has 0 saturated heterocycles. The maximum absolute atomic E-state index is 5.18. The van der Waals surface area contributed by atoms with Gasteiger partial charge in [0.15, 0.2) is 0 Å². The summed E-state index contributed by atoms with van der Waals surface area (Å²) in [7, 11) is 0. The van der Waals surface area contributed by atoms with E-state index in [0.717, 1.165) is 13.0 Å². The molecule has 0 aliphatic rings. The molecule has 7 heavy (non-hydrogen) atoms. The van der Waals surface area contributed by atoms with E-state index in [-0.39, 0.29) is 0 Å². The van der Waals surface area contributed by atoms with Crippen LogP contribution in [0, 0.1) is 0 Å². The quantitative estimate of drug-likeness (QED) is 0.316. The van der Waals surface area contributed by atoms with E-state index < -0.39 is 0 Å². The second kappa shape index (κ2) is 4.01. The minimum Gasteiger partial charge on any atom is -0.256 e. The van der Waals surface area contributed by atoms with Crippen molar-refractivity contribution in [3.8, 4) is 0 Å². The molecule has 0 aliphatic carbocycles. The topological polar surface area (TPSA) is 67.3 Å². The first-order valence-corrected chi connectivity index (χ1v) is 2.29. The lowest BCUT2D eigenvalue weighted by Crippen LogP contribution is -2.48. The molecule has 0 atom stereocenters. The molecule has 0 saturated carbocycles. The van der Waals surface area contributed by atoms with Crippen molar-refractivity contribution in [1.82, 2.24) is 10.7 Å². The van der Waals surface area contributed by atoms with Gasteiger partial charge in [0.05, 0.1) is 0 Å². The van der Waals surface area contributed by atoms with E-state index in [2.05, 4.69) is 5.53 Å². The zero-order chi connectivity index (χ0) is 5.70. The molecule has 0 radical (unpaired) electrons. The summed E-state index contributed by atoms with van der Waals surface area (Å²) in [6.07, 6.45) is 1.00. The molecule has 0 spiro atoms. The van der Waals surface area contributed by atoms with Gasteiger partial charge in [0, 0.05) is 6.54 Å². The molecule has 0 amide bonds. The first kappa shape index (κ1) is 6.84. The van der Waals surface area contributed by atoms with E-state index in [1.54, 1.807) is 0 Å². The first-order chi connectivity index (χ1) is 3.31. The summed E-state index contributed by atoms with van der Waals surface area (Å²) in [5.41, 5.74) is 2.28. The molecule has 0 bridgehead atoms. The number of nitrogens with zero attached hydrogens (tertiary/aromatic N) is 1. The first-order valence-electron chi connectivity index (χ1n) is 2.29.